The lowest BCUT2D eigenvalue weighted by Gasteiger charge is -2.19. The highest BCUT2D eigenvalue weighted by Gasteiger charge is 2.37. The summed E-state index contributed by atoms with van der Waals surface area (Å²) in [4.78, 5) is 3.11. The minimum absolute atomic E-state index is 0.559. The summed E-state index contributed by atoms with van der Waals surface area (Å²) in [6, 6.07) is 2.21. The normalized spacial score (nSPS) is 15.9. The van der Waals surface area contributed by atoms with Crippen LogP contribution in [0.1, 0.15) is 17.4 Å². The summed E-state index contributed by atoms with van der Waals surface area (Å²) in [5.41, 5.74) is -1.83. The molecule has 7 heteroatoms. The molecule has 0 bridgehead atoms. The zero-order chi connectivity index (χ0) is 12.3. The number of aromatic nitrogens is 1. The Balaban J connectivity index is 3.13. The van der Waals surface area contributed by atoms with E-state index in [0.717, 1.165) is 12.3 Å². The van der Waals surface area contributed by atoms with Crippen LogP contribution in [-0.4, -0.2) is 33.0 Å². The van der Waals surface area contributed by atoms with E-state index >= 15 is 0 Å². The van der Waals surface area contributed by atoms with Gasteiger partial charge in [0.05, 0.1) is 6.61 Å². The first-order valence-electron chi connectivity index (χ1n) is 4.37. The van der Waals surface area contributed by atoms with Crippen LogP contribution in [0, 0.1) is 0 Å². The summed E-state index contributed by atoms with van der Waals surface area (Å²) in [6.07, 6.45) is -7.28. The second-order valence-electron chi connectivity index (χ2n) is 3.13. The van der Waals surface area contributed by atoms with Crippen molar-refractivity contribution in [3.63, 3.8) is 0 Å². The van der Waals surface area contributed by atoms with Gasteiger partial charge in [-0.1, -0.05) is 6.07 Å². The fourth-order valence-corrected chi connectivity index (χ4v) is 1.20. The Bertz CT molecular complexity index is 356. The molecule has 0 aromatic carbocycles. The first kappa shape index (κ1) is 12.9. The Labute approximate surface area is 89.0 Å². The fraction of sp³-hybridized carbons (Fsp3) is 0.444. The number of hydrogen-bond acceptors (Lipinski definition) is 4. The smallest absolute Gasteiger partial charge is 0.394 e. The summed E-state index contributed by atoms with van der Waals surface area (Å²) in [7, 11) is 0. The van der Waals surface area contributed by atoms with Gasteiger partial charge in [0.25, 0.3) is 0 Å². The van der Waals surface area contributed by atoms with Crippen LogP contribution in [0.2, 0.25) is 0 Å². The predicted molar refractivity (Wildman–Crippen MR) is 47.3 cm³/mol. The van der Waals surface area contributed by atoms with Crippen molar-refractivity contribution in [2.24, 2.45) is 0 Å². The van der Waals surface area contributed by atoms with Gasteiger partial charge < -0.3 is 15.3 Å². The van der Waals surface area contributed by atoms with E-state index in [4.69, 9.17) is 10.2 Å². The molecule has 0 aliphatic rings. The van der Waals surface area contributed by atoms with Gasteiger partial charge in [-0.3, -0.25) is 4.98 Å². The SMILES string of the molecule is OCC(O)C(O)c1cccnc1C(F)(F)F. The molecule has 90 valence electrons. The molecule has 0 saturated carbocycles. The molecule has 0 spiro atoms. The van der Waals surface area contributed by atoms with Gasteiger partial charge >= 0.3 is 6.18 Å². The third-order valence-corrected chi connectivity index (χ3v) is 1.98. The predicted octanol–water partition coefficient (Wildman–Crippen LogP) is 0.487. The average molecular weight is 237 g/mol. The van der Waals surface area contributed by atoms with Crippen LogP contribution in [0.15, 0.2) is 18.3 Å². The van der Waals surface area contributed by atoms with Crippen LogP contribution < -0.4 is 0 Å². The highest BCUT2D eigenvalue weighted by atomic mass is 19.4. The molecule has 16 heavy (non-hydrogen) atoms. The highest BCUT2D eigenvalue weighted by molar-refractivity contribution is 5.25. The van der Waals surface area contributed by atoms with E-state index in [9.17, 15) is 18.3 Å². The number of alkyl halides is 3. The number of nitrogens with zero attached hydrogens (tertiary/aromatic N) is 1. The zero-order valence-corrected chi connectivity index (χ0v) is 8.02. The van der Waals surface area contributed by atoms with Crippen LogP contribution in [0.3, 0.4) is 0 Å². The van der Waals surface area contributed by atoms with E-state index in [1.165, 1.54) is 6.07 Å². The zero-order valence-electron chi connectivity index (χ0n) is 8.02. The first-order valence-corrected chi connectivity index (χ1v) is 4.37. The molecule has 2 atom stereocenters. The first-order chi connectivity index (χ1) is 7.38. The Kier molecular flexibility index (Phi) is 3.84. The molecule has 3 N–H and O–H groups in total. The van der Waals surface area contributed by atoms with Crippen molar-refractivity contribution in [3.05, 3.63) is 29.6 Å². The van der Waals surface area contributed by atoms with Gasteiger partial charge in [-0.15, -0.1) is 0 Å². The lowest BCUT2D eigenvalue weighted by atomic mass is 10.0. The van der Waals surface area contributed by atoms with Crippen molar-refractivity contribution in [2.75, 3.05) is 6.61 Å². The van der Waals surface area contributed by atoms with Crippen LogP contribution in [0.5, 0.6) is 0 Å². The molecule has 0 aliphatic carbocycles. The molecule has 0 fully saturated rings. The average Bonchev–Trinajstić information content (AvgIpc) is 2.26. The van der Waals surface area contributed by atoms with Gasteiger partial charge in [0, 0.05) is 11.8 Å². The second kappa shape index (κ2) is 4.77. The van der Waals surface area contributed by atoms with Crippen molar-refractivity contribution >= 4 is 0 Å². The van der Waals surface area contributed by atoms with Gasteiger partial charge in [-0.05, 0) is 6.07 Å². The fourth-order valence-electron chi connectivity index (χ4n) is 1.20. The molecule has 0 radical (unpaired) electrons. The Hall–Kier alpha value is -1.18. The molecule has 0 aliphatic heterocycles. The molecule has 1 aromatic rings. The summed E-state index contributed by atoms with van der Waals surface area (Å²) >= 11 is 0. The summed E-state index contributed by atoms with van der Waals surface area (Å²) in [5, 5.41) is 27.0. The van der Waals surface area contributed by atoms with Crippen LogP contribution >= 0.6 is 0 Å². The Morgan fingerprint density at radius 2 is 1.94 bits per heavy atom. The van der Waals surface area contributed by atoms with E-state index in [1.807, 2.05) is 0 Å². The number of aliphatic hydroxyl groups excluding tert-OH is 3. The van der Waals surface area contributed by atoms with E-state index in [0.29, 0.717) is 0 Å². The quantitative estimate of drug-likeness (QED) is 0.715. The highest BCUT2D eigenvalue weighted by Crippen LogP contribution is 2.33. The van der Waals surface area contributed by atoms with Gasteiger partial charge in [-0.2, -0.15) is 13.2 Å². The van der Waals surface area contributed by atoms with Crippen molar-refractivity contribution in [1.82, 2.24) is 4.98 Å². The Morgan fingerprint density at radius 3 is 2.44 bits per heavy atom. The minimum Gasteiger partial charge on any atom is -0.394 e. The Morgan fingerprint density at radius 1 is 1.31 bits per heavy atom. The van der Waals surface area contributed by atoms with Gasteiger partial charge in [-0.25, -0.2) is 0 Å². The van der Waals surface area contributed by atoms with Crippen LogP contribution in [0.25, 0.3) is 0 Å². The van der Waals surface area contributed by atoms with Crippen molar-refractivity contribution in [1.29, 1.82) is 0 Å². The number of pyridine rings is 1. The maximum atomic E-state index is 12.5. The third kappa shape index (κ3) is 2.69. The molecule has 0 amide bonds. The van der Waals surface area contributed by atoms with Crippen molar-refractivity contribution in [2.45, 2.75) is 18.4 Å². The minimum atomic E-state index is -4.72. The van der Waals surface area contributed by atoms with Crippen molar-refractivity contribution in [3.8, 4) is 0 Å². The van der Waals surface area contributed by atoms with Gasteiger partial charge in [0.15, 0.2) is 0 Å². The number of hydrogen-bond donors (Lipinski definition) is 3. The van der Waals surface area contributed by atoms with E-state index in [2.05, 4.69) is 4.98 Å². The number of halogens is 3. The standard InChI is InChI=1S/C9H10F3NO3/c10-9(11,12)8-5(2-1-3-13-8)7(16)6(15)4-14/h1-3,6-7,14-16H,4H2. The molecule has 1 aromatic heterocycles. The molecule has 0 saturated heterocycles. The molecule has 4 nitrogen and oxygen atoms in total. The van der Waals surface area contributed by atoms with Gasteiger partial charge in [0.2, 0.25) is 0 Å². The summed E-state index contributed by atoms with van der Waals surface area (Å²) in [6.45, 7) is -0.840. The van der Waals surface area contributed by atoms with Crippen molar-refractivity contribution < 1.29 is 28.5 Å². The monoisotopic (exact) mass is 237 g/mol. The van der Waals surface area contributed by atoms with E-state index in [1.54, 1.807) is 0 Å². The largest absolute Gasteiger partial charge is 0.433 e. The molecule has 1 rings (SSSR count). The van der Waals surface area contributed by atoms with E-state index in [-0.39, 0.29) is 0 Å². The third-order valence-electron chi connectivity index (χ3n) is 1.98. The maximum absolute atomic E-state index is 12.5. The van der Waals surface area contributed by atoms with E-state index < -0.39 is 36.2 Å². The maximum Gasteiger partial charge on any atom is 0.433 e. The lowest BCUT2D eigenvalue weighted by Crippen LogP contribution is -2.25. The topological polar surface area (TPSA) is 73.6 Å². The molecular formula is C9H10F3NO3. The summed E-state index contributed by atoms with van der Waals surface area (Å²) < 4.78 is 37.4. The second-order valence-corrected chi connectivity index (χ2v) is 3.13. The molecule has 1 heterocycles. The molecular weight excluding hydrogens is 227 g/mol. The van der Waals surface area contributed by atoms with Crippen LogP contribution in [0.4, 0.5) is 13.2 Å². The molecule has 2 unspecified atom stereocenters. The number of rotatable bonds is 3. The van der Waals surface area contributed by atoms with Crippen LogP contribution in [-0.2, 0) is 6.18 Å². The van der Waals surface area contributed by atoms with Gasteiger partial charge in [0.1, 0.15) is 17.9 Å². The lowest BCUT2D eigenvalue weighted by molar-refractivity contribution is -0.143. The summed E-state index contributed by atoms with van der Waals surface area (Å²) in [5.74, 6) is 0. The number of aliphatic hydroxyl groups is 3.